The van der Waals surface area contributed by atoms with E-state index in [0.29, 0.717) is 17.5 Å². The molecule has 10 rings (SSSR count). The van der Waals surface area contributed by atoms with Gasteiger partial charge in [0.25, 0.3) is 0 Å². The number of rotatable bonds is 7. The van der Waals surface area contributed by atoms with Crippen LogP contribution < -0.4 is 4.90 Å². The molecule has 0 saturated carbocycles. The van der Waals surface area contributed by atoms with Gasteiger partial charge in [-0.25, -0.2) is 15.0 Å². The minimum atomic E-state index is -0.138. The number of hydrogen-bond donors (Lipinski definition) is 0. The van der Waals surface area contributed by atoms with Crippen molar-refractivity contribution >= 4 is 27.8 Å². The second kappa shape index (κ2) is 13.6. The third kappa shape index (κ3) is 5.84. The normalized spacial score (nSPS) is 12.6. The van der Waals surface area contributed by atoms with Crippen LogP contribution in [0.2, 0.25) is 0 Å². The van der Waals surface area contributed by atoms with Gasteiger partial charge in [-0.15, -0.1) is 0 Å². The molecule has 0 aliphatic heterocycles. The van der Waals surface area contributed by atoms with Crippen molar-refractivity contribution in [2.24, 2.45) is 0 Å². The highest BCUT2D eigenvalue weighted by atomic mass is 15.2. The van der Waals surface area contributed by atoms with E-state index in [2.05, 4.69) is 195 Å². The van der Waals surface area contributed by atoms with Crippen LogP contribution in [0.5, 0.6) is 0 Å². The van der Waals surface area contributed by atoms with Gasteiger partial charge in [0.05, 0.1) is 5.69 Å². The quantitative estimate of drug-likeness (QED) is 0.165. The third-order valence-electron chi connectivity index (χ3n) is 11.1. The van der Waals surface area contributed by atoms with Gasteiger partial charge in [-0.2, -0.15) is 0 Å². The van der Waals surface area contributed by atoms with Gasteiger partial charge in [0.15, 0.2) is 17.5 Å². The Balaban J connectivity index is 1.11. The molecular weight excluding hydrogens is 681 g/mol. The first-order valence-electron chi connectivity index (χ1n) is 19.1. The average molecular weight is 719 g/mol. The molecule has 56 heavy (non-hydrogen) atoms. The first kappa shape index (κ1) is 33.4. The summed E-state index contributed by atoms with van der Waals surface area (Å²) < 4.78 is 0. The standard InChI is InChI=1S/C52H38N4/c1-52(2)46-23-13-11-21-43(46)44-32-31-42(34-47(44)52)56(41-19-7-4-8-20-41)48-24-14-12-22-45(48)51-54-49(37-16-5-3-6-17-37)53-50(55-51)38-28-25-36(26-29-38)40-30-27-35-15-9-10-18-39(35)33-40/h3-34H,1-2H3. The fourth-order valence-electron chi connectivity index (χ4n) is 8.22. The Morgan fingerprint density at radius 3 is 1.68 bits per heavy atom. The largest absolute Gasteiger partial charge is 0.310 e. The number of hydrogen-bond acceptors (Lipinski definition) is 4. The Hall–Kier alpha value is -7.17. The molecular formula is C52H38N4. The lowest BCUT2D eigenvalue weighted by molar-refractivity contribution is 0.660. The average Bonchev–Trinajstić information content (AvgIpc) is 3.49. The first-order valence-corrected chi connectivity index (χ1v) is 19.1. The van der Waals surface area contributed by atoms with Crippen molar-refractivity contribution in [2.45, 2.75) is 19.3 Å². The van der Waals surface area contributed by atoms with Crippen molar-refractivity contribution in [3.8, 4) is 56.4 Å². The Bertz CT molecular complexity index is 2880. The molecule has 1 aliphatic carbocycles. The molecule has 0 unspecified atom stereocenters. The highest BCUT2D eigenvalue weighted by Crippen LogP contribution is 2.51. The van der Waals surface area contributed by atoms with Crippen LogP contribution in [0.1, 0.15) is 25.0 Å². The Labute approximate surface area is 327 Å². The highest BCUT2D eigenvalue weighted by molar-refractivity contribution is 5.90. The zero-order chi connectivity index (χ0) is 37.6. The Morgan fingerprint density at radius 2 is 0.911 bits per heavy atom. The summed E-state index contributed by atoms with van der Waals surface area (Å²) in [4.78, 5) is 17.8. The predicted molar refractivity (Wildman–Crippen MR) is 231 cm³/mol. The van der Waals surface area contributed by atoms with Crippen molar-refractivity contribution in [2.75, 3.05) is 4.90 Å². The van der Waals surface area contributed by atoms with Crippen LogP contribution in [0.25, 0.3) is 67.2 Å². The van der Waals surface area contributed by atoms with Crippen molar-refractivity contribution in [3.63, 3.8) is 0 Å². The first-order chi connectivity index (χ1) is 27.5. The molecule has 1 aliphatic rings. The van der Waals surface area contributed by atoms with Crippen molar-refractivity contribution < 1.29 is 0 Å². The van der Waals surface area contributed by atoms with Crippen LogP contribution in [0, 0.1) is 0 Å². The van der Waals surface area contributed by atoms with E-state index in [1.54, 1.807) is 0 Å². The molecule has 266 valence electrons. The molecule has 4 nitrogen and oxygen atoms in total. The summed E-state index contributed by atoms with van der Waals surface area (Å²) in [5.74, 6) is 1.86. The van der Waals surface area contributed by atoms with Crippen LogP contribution in [0.4, 0.5) is 17.1 Å². The number of fused-ring (bicyclic) bond motifs is 4. The summed E-state index contributed by atoms with van der Waals surface area (Å²) in [5.41, 5.74) is 13.3. The topological polar surface area (TPSA) is 41.9 Å². The molecule has 0 bridgehead atoms. The second-order valence-electron chi connectivity index (χ2n) is 14.9. The Morgan fingerprint density at radius 1 is 0.357 bits per heavy atom. The van der Waals surface area contributed by atoms with Gasteiger partial charge in [0.1, 0.15) is 0 Å². The lowest BCUT2D eigenvalue weighted by Crippen LogP contribution is -2.17. The van der Waals surface area contributed by atoms with Crippen LogP contribution in [-0.4, -0.2) is 15.0 Å². The highest BCUT2D eigenvalue weighted by Gasteiger charge is 2.36. The molecule has 1 heterocycles. The van der Waals surface area contributed by atoms with Gasteiger partial charge in [-0.05, 0) is 86.6 Å². The zero-order valence-corrected chi connectivity index (χ0v) is 31.3. The number of anilines is 3. The number of para-hydroxylation sites is 2. The van der Waals surface area contributed by atoms with Gasteiger partial charge in [0, 0.05) is 33.5 Å². The van der Waals surface area contributed by atoms with Gasteiger partial charge in [-0.1, -0.05) is 166 Å². The number of aromatic nitrogens is 3. The smallest absolute Gasteiger partial charge is 0.166 e. The Kier molecular flexibility index (Phi) is 8.11. The molecule has 0 atom stereocenters. The van der Waals surface area contributed by atoms with E-state index in [1.165, 1.54) is 38.6 Å². The van der Waals surface area contributed by atoms with Crippen molar-refractivity contribution in [3.05, 3.63) is 205 Å². The SMILES string of the molecule is CC1(C)c2ccccc2-c2ccc(N(c3ccccc3)c3ccccc3-c3nc(-c4ccccc4)nc(-c4ccc(-c5ccc6ccccc6c5)cc4)n3)cc21. The molecule has 9 aromatic rings. The summed E-state index contributed by atoms with van der Waals surface area (Å²) in [6.45, 7) is 4.65. The summed E-state index contributed by atoms with van der Waals surface area (Å²) in [6, 6.07) is 68.5. The maximum absolute atomic E-state index is 5.23. The van der Waals surface area contributed by atoms with Crippen molar-refractivity contribution in [1.29, 1.82) is 0 Å². The predicted octanol–water partition coefficient (Wildman–Crippen LogP) is 13.5. The van der Waals surface area contributed by atoms with E-state index in [9.17, 15) is 0 Å². The van der Waals surface area contributed by atoms with E-state index in [0.717, 1.165) is 39.3 Å². The minimum absolute atomic E-state index is 0.138. The number of nitrogens with zero attached hydrogens (tertiary/aromatic N) is 4. The van der Waals surface area contributed by atoms with E-state index < -0.39 is 0 Å². The van der Waals surface area contributed by atoms with Crippen LogP contribution >= 0.6 is 0 Å². The van der Waals surface area contributed by atoms with Crippen molar-refractivity contribution in [1.82, 2.24) is 15.0 Å². The molecule has 4 heteroatoms. The van der Waals surface area contributed by atoms with Crippen LogP contribution in [0.3, 0.4) is 0 Å². The van der Waals surface area contributed by atoms with Crippen LogP contribution in [-0.2, 0) is 5.41 Å². The van der Waals surface area contributed by atoms with Gasteiger partial charge >= 0.3 is 0 Å². The van der Waals surface area contributed by atoms with Gasteiger partial charge in [-0.3, -0.25) is 0 Å². The van der Waals surface area contributed by atoms with E-state index in [-0.39, 0.29) is 5.41 Å². The molecule has 0 amide bonds. The second-order valence-corrected chi connectivity index (χ2v) is 14.9. The summed E-state index contributed by atoms with van der Waals surface area (Å²) in [6.07, 6.45) is 0. The molecule has 1 aromatic heterocycles. The molecule has 8 aromatic carbocycles. The van der Waals surface area contributed by atoms with E-state index in [1.807, 2.05) is 18.2 Å². The number of benzene rings is 8. The molecule has 0 radical (unpaired) electrons. The lowest BCUT2D eigenvalue weighted by atomic mass is 9.82. The zero-order valence-electron chi connectivity index (χ0n) is 31.3. The minimum Gasteiger partial charge on any atom is -0.310 e. The molecule has 0 fully saturated rings. The molecule has 0 spiro atoms. The monoisotopic (exact) mass is 718 g/mol. The fourth-order valence-corrected chi connectivity index (χ4v) is 8.22. The fraction of sp³-hybridized carbons (Fsp3) is 0.0577. The molecule has 0 N–H and O–H groups in total. The summed E-state index contributed by atoms with van der Waals surface area (Å²) in [5, 5.41) is 2.45. The summed E-state index contributed by atoms with van der Waals surface area (Å²) >= 11 is 0. The maximum atomic E-state index is 5.23. The van der Waals surface area contributed by atoms with Gasteiger partial charge in [0.2, 0.25) is 0 Å². The van der Waals surface area contributed by atoms with E-state index >= 15 is 0 Å². The lowest BCUT2D eigenvalue weighted by Gasteiger charge is -2.29. The summed E-state index contributed by atoms with van der Waals surface area (Å²) in [7, 11) is 0. The third-order valence-corrected chi connectivity index (χ3v) is 11.1. The van der Waals surface area contributed by atoms with Crippen LogP contribution in [0.15, 0.2) is 194 Å². The molecule has 0 saturated heterocycles. The van der Waals surface area contributed by atoms with E-state index in [4.69, 9.17) is 15.0 Å². The maximum Gasteiger partial charge on any atom is 0.166 e. The van der Waals surface area contributed by atoms with Gasteiger partial charge < -0.3 is 4.90 Å².